The van der Waals surface area contributed by atoms with Crippen molar-refractivity contribution in [2.24, 2.45) is 0 Å². The van der Waals surface area contributed by atoms with Gasteiger partial charge in [-0.1, -0.05) is 10.3 Å². The fourth-order valence-corrected chi connectivity index (χ4v) is 3.75. The number of carbonyl (C=O) groups excluding carboxylic acids is 1. The van der Waals surface area contributed by atoms with Crippen LogP contribution in [0.1, 0.15) is 45.3 Å². The predicted molar refractivity (Wildman–Crippen MR) is 91.9 cm³/mol. The van der Waals surface area contributed by atoms with Crippen molar-refractivity contribution in [1.82, 2.24) is 20.5 Å². The largest absolute Gasteiger partial charge is 0.379 e. The van der Waals surface area contributed by atoms with Crippen LogP contribution in [0.25, 0.3) is 0 Å². The minimum atomic E-state index is -0.124. The Labute approximate surface area is 151 Å². The van der Waals surface area contributed by atoms with Gasteiger partial charge in [-0.15, -0.1) is 0 Å². The number of rotatable bonds is 4. The molecule has 4 rings (SSSR count). The normalized spacial score (nSPS) is 20.8. The van der Waals surface area contributed by atoms with Crippen LogP contribution in [0.15, 0.2) is 9.05 Å². The first-order valence-electron chi connectivity index (χ1n) is 9.12. The average molecular weight is 360 g/mol. The van der Waals surface area contributed by atoms with E-state index in [9.17, 15) is 4.79 Å². The molecule has 1 atom stereocenters. The number of hydrogen-bond acceptors (Lipinski definition) is 7. The SMILES string of the molecule is Cc1noc(C)c1C(=O)NC1CCc2onc(CN3CCOCC3)c2C1. The molecule has 1 N–H and O–H groups in total. The number of fused-ring (bicyclic) bond motifs is 1. The van der Waals surface area contributed by atoms with Crippen LogP contribution in [0.5, 0.6) is 0 Å². The van der Waals surface area contributed by atoms with Crippen LogP contribution >= 0.6 is 0 Å². The number of amides is 1. The van der Waals surface area contributed by atoms with E-state index >= 15 is 0 Å². The molecule has 1 aliphatic carbocycles. The van der Waals surface area contributed by atoms with Crippen molar-refractivity contribution in [3.8, 4) is 0 Å². The summed E-state index contributed by atoms with van der Waals surface area (Å²) in [5, 5.41) is 11.3. The van der Waals surface area contributed by atoms with E-state index in [4.69, 9.17) is 13.8 Å². The molecule has 2 aliphatic rings. The summed E-state index contributed by atoms with van der Waals surface area (Å²) in [7, 11) is 0. The molecule has 0 bridgehead atoms. The lowest BCUT2D eigenvalue weighted by Crippen LogP contribution is -2.40. The molecule has 1 fully saturated rings. The second kappa shape index (κ2) is 7.20. The molecule has 0 spiro atoms. The lowest BCUT2D eigenvalue weighted by atomic mass is 9.91. The van der Waals surface area contributed by atoms with E-state index in [0.29, 0.717) is 17.0 Å². The third-order valence-electron chi connectivity index (χ3n) is 5.19. The van der Waals surface area contributed by atoms with Crippen molar-refractivity contribution in [3.63, 3.8) is 0 Å². The molecular formula is C18H24N4O4. The van der Waals surface area contributed by atoms with Crippen LogP contribution in [0.2, 0.25) is 0 Å². The van der Waals surface area contributed by atoms with E-state index < -0.39 is 0 Å². The quantitative estimate of drug-likeness (QED) is 0.881. The summed E-state index contributed by atoms with van der Waals surface area (Å²) >= 11 is 0. The molecule has 26 heavy (non-hydrogen) atoms. The zero-order valence-electron chi connectivity index (χ0n) is 15.2. The van der Waals surface area contributed by atoms with Gasteiger partial charge < -0.3 is 19.1 Å². The van der Waals surface area contributed by atoms with Crippen LogP contribution in [-0.4, -0.2) is 53.5 Å². The number of ether oxygens (including phenoxy) is 1. The molecule has 2 aromatic heterocycles. The molecule has 8 heteroatoms. The van der Waals surface area contributed by atoms with Gasteiger partial charge in [0.1, 0.15) is 22.8 Å². The van der Waals surface area contributed by atoms with E-state index in [2.05, 4.69) is 20.5 Å². The van der Waals surface area contributed by atoms with E-state index in [1.807, 2.05) is 0 Å². The molecule has 2 aromatic rings. The molecule has 8 nitrogen and oxygen atoms in total. The summed E-state index contributed by atoms with van der Waals surface area (Å²) < 4.78 is 16.0. The van der Waals surface area contributed by atoms with Crippen molar-refractivity contribution in [3.05, 3.63) is 34.0 Å². The van der Waals surface area contributed by atoms with Gasteiger partial charge in [0.25, 0.3) is 5.91 Å². The van der Waals surface area contributed by atoms with Gasteiger partial charge in [-0.05, 0) is 26.7 Å². The van der Waals surface area contributed by atoms with Gasteiger partial charge in [0.15, 0.2) is 0 Å². The molecule has 1 saturated heterocycles. The van der Waals surface area contributed by atoms with Crippen LogP contribution in [0, 0.1) is 13.8 Å². The smallest absolute Gasteiger partial charge is 0.257 e. The molecule has 3 heterocycles. The maximum absolute atomic E-state index is 12.6. The zero-order valence-corrected chi connectivity index (χ0v) is 15.2. The van der Waals surface area contributed by atoms with Crippen molar-refractivity contribution < 1.29 is 18.6 Å². The summed E-state index contributed by atoms with van der Waals surface area (Å²) in [5.74, 6) is 1.38. The highest BCUT2D eigenvalue weighted by molar-refractivity contribution is 5.96. The number of morpholine rings is 1. The molecule has 0 aromatic carbocycles. The summed E-state index contributed by atoms with van der Waals surface area (Å²) in [6.45, 7) is 7.65. The van der Waals surface area contributed by atoms with E-state index in [-0.39, 0.29) is 11.9 Å². The van der Waals surface area contributed by atoms with Crippen molar-refractivity contribution in [1.29, 1.82) is 0 Å². The molecular weight excluding hydrogens is 336 g/mol. The topological polar surface area (TPSA) is 93.6 Å². The Bertz CT molecular complexity index is 772. The lowest BCUT2D eigenvalue weighted by molar-refractivity contribution is 0.0331. The van der Waals surface area contributed by atoms with Gasteiger partial charge in [-0.3, -0.25) is 9.69 Å². The number of aromatic nitrogens is 2. The summed E-state index contributed by atoms with van der Waals surface area (Å²) in [5.41, 5.74) is 3.29. The van der Waals surface area contributed by atoms with Crippen LogP contribution in [0.4, 0.5) is 0 Å². The minimum absolute atomic E-state index is 0.0616. The number of hydrogen-bond donors (Lipinski definition) is 1. The molecule has 1 amide bonds. The minimum Gasteiger partial charge on any atom is -0.379 e. The van der Waals surface area contributed by atoms with Gasteiger partial charge in [-0.2, -0.15) is 0 Å². The van der Waals surface area contributed by atoms with E-state index in [1.165, 1.54) is 0 Å². The Hall–Kier alpha value is -2.19. The number of aryl methyl sites for hydroxylation is 3. The fraction of sp³-hybridized carbons (Fsp3) is 0.611. The maximum Gasteiger partial charge on any atom is 0.257 e. The van der Waals surface area contributed by atoms with Crippen molar-refractivity contribution in [2.45, 2.75) is 45.7 Å². The van der Waals surface area contributed by atoms with Gasteiger partial charge in [-0.25, -0.2) is 0 Å². The van der Waals surface area contributed by atoms with Gasteiger partial charge in [0.05, 0.1) is 18.9 Å². The highest BCUT2D eigenvalue weighted by atomic mass is 16.5. The van der Waals surface area contributed by atoms with Crippen molar-refractivity contribution >= 4 is 5.91 Å². The summed E-state index contributed by atoms with van der Waals surface area (Å²) in [6, 6.07) is 0.0616. The van der Waals surface area contributed by atoms with Gasteiger partial charge in [0.2, 0.25) is 0 Å². The molecule has 140 valence electrons. The fourth-order valence-electron chi connectivity index (χ4n) is 3.75. The van der Waals surface area contributed by atoms with Crippen molar-refractivity contribution in [2.75, 3.05) is 26.3 Å². The Morgan fingerprint density at radius 3 is 2.77 bits per heavy atom. The standard InChI is InChI=1S/C18H24N4O4/c1-11-17(12(2)25-20-11)18(23)19-13-3-4-16-14(9-13)15(21-26-16)10-22-5-7-24-8-6-22/h13H,3-10H2,1-2H3,(H,19,23). The summed E-state index contributed by atoms with van der Waals surface area (Å²) in [4.78, 5) is 14.9. The molecule has 0 radical (unpaired) electrons. The number of nitrogens with one attached hydrogen (secondary N) is 1. The molecule has 1 unspecified atom stereocenters. The first kappa shape index (κ1) is 17.2. The second-order valence-corrected chi connectivity index (χ2v) is 7.03. The van der Waals surface area contributed by atoms with Gasteiger partial charge >= 0.3 is 0 Å². The summed E-state index contributed by atoms with van der Waals surface area (Å²) in [6.07, 6.45) is 2.37. The Morgan fingerprint density at radius 2 is 2.04 bits per heavy atom. The van der Waals surface area contributed by atoms with Gasteiger partial charge in [0, 0.05) is 37.7 Å². The van der Waals surface area contributed by atoms with E-state index in [1.54, 1.807) is 13.8 Å². The van der Waals surface area contributed by atoms with Crippen LogP contribution in [-0.2, 0) is 24.1 Å². The van der Waals surface area contributed by atoms with E-state index in [0.717, 1.165) is 69.1 Å². The second-order valence-electron chi connectivity index (χ2n) is 7.03. The monoisotopic (exact) mass is 360 g/mol. The average Bonchev–Trinajstić information content (AvgIpc) is 3.19. The Morgan fingerprint density at radius 1 is 1.23 bits per heavy atom. The number of carbonyl (C=O) groups is 1. The zero-order chi connectivity index (χ0) is 18.1. The third kappa shape index (κ3) is 3.39. The van der Waals surface area contributed by atoms with Crippen LogP contribution in [0.3, 0.4) is 0 Å². The first-order chi connectivity index (χ1) is 12.6. The molecule has 0 saturated carbocycles. The van der Waals surface area contributed by atoms with Crippen LogP contribution < -0.4 is 5.32 Å². The maximum atomic E-state index is 12.6. The lowest BCUT2D eigenvalue weighted by Gasteiger charge is -2.27. The Balaban J connectivity index is 1.44. The highest BCUT2D eigenvalue weighted by Crippen LogP contribution is 2.26. The number of nitrogens with zero attached hydrogens (tertiary/aromatic N) is 3. The molecule has 1 aliphatic heterocycles. The Kier molecular flexibility index (Phi) is 4.78. The predicted octanol–water partition coefficient (Wildman–Crippen LogP) is 1.40. The third-order valence-corrected chi connectivity index (χ3v) is 5.19. The first-order valence-corrected chi connectivity index (χ1v) is 9.12. The highest BCUT2D eigenvalue weighted by Gasteiger charge is 2.29.